The average molecular weight is 1080 g/mol. The minimum absolute atomic E-state index is 0.0721. The first-order chi connectivity index (χ1) is 35.3. The Labute approximate surface area is 440 Å². The lowest BCUT2D eigenvalue weighted by Crippen LogP contribution is -2.54. The number of benzene rings is 2. The molecule has 2 unspecified atom stereocenters. The second-order valence-electron chi connectivity index (χ2n) is 16.5. The fourth-order valence-corrected chi connectivity index (χ4v) is 10.1. The van der Waals surface area contributed by atoms with E-state index in [1.165, 1.54) is 28.7 Å². The molecular weight excluding hydrogens is 1010 g/mol. The molecule has 2 aromatic rings. The SMILES string of the molecule is CCOC(=O)C1=C(COCCNC(=O)OCCSSCCOC(=O)NCCCC[C@H](NC(CCc2ccccc2)C(=O)OCC)C(=O)N2CCC[C@H]2C(=O)OCC)NC(C)=C(C(=O)OC)C1c1ccccc1Cl. The third kappa shape index (κ3) is 19.7. The fourth-order valence-electron chi connectivity index (χ4n) is 8.18. The minimum atomic E-state index is -0.888. The lowest BCUT2D eigenvalue weighted by Gasteiger charge is -2.31. The molecule has 0 aromatic heterocycles. The summed E-state index contributed by atoms with van der Waals surface area (Å²) in [4.78, 5) is 92.6. The molecule has 4 rings (SSSR count). The summed E-state index contributed by atoms with van der Waals surface area (Å²) >= 11 is 6.57. The summed E-state index contributed by atoms with van der Waals surface area (Å²) in [5, 5.41) is 12.1. The van der Waals surface area contributed by atoms with Crippen LogP contribution in [0.2, 0.25) is 5.02 Å². The number of carbonyl (C=O) groups is 7. The Bertz CT molecular complexity index is 2200. The van der Waals surface area contributed by atoms with E-state index >= 15 is 0 Å². The number of carbonyl (C=O) groups excluding carboxylic acids is 7. The van der Waals surface area contributed by atoms with Crippen molar-refractivity contribution in [1.29, 1.82) is 0 Å². The monoisotopic (exact) mass is 1080 g/mol. The normalized spacial score (nSPS) is 16.2. The topological polar surface area (TPSA) is 235 Å². The van der Waals surface area contributed by atoms with Crippen LogP contribution in [0.25, 0.3) is 0 Å². The van der Waals surface area contributed by atoms with Crippen LogP contribution in [0.1, 0.15) is 83.3 Å². The Morgan fingerprint density at radius 1 is 0.753 bits per heavy atom. The summed E-state index contributed by atoms with van der Waals surface area (Å²) < 4.78 is 37.5. The van der Waals surface area contributed by atoms with Crippen LogP contribution in [0.15, 0.2) is 77.1 Å². The zero-order valence-corrected chi connectivity index (χ0v) is 44.7. The van der Waals surface area contributed by atoms with Gasteiger partial charge in [0.2, 0.25) is 5.91 Å². The van der Waals surface area contributed by atoms with Gasteiger partial charge in [0.15, 0.2) is 0 Å². The lowest BCUT2D eigenvalue weighted by molar-refractivity contribution is -0.154. The molecule has 0 radical (unpaired) electrons. The highest BCUT2D eigenvalue weighted by atomic mass is 35.5. The maximum Gasteiger partial charge on any atom is 0.407 e. The smallest absolute Gasteiger partial charge is 0.407 e. The number of nitrogens with zero attached hydrogens (tertiary/aromatic N) is 1. The van der Waals surface area contributed by atoms with Crippen molar-refractivity contribution >= 4 is 75.2 Å². The van der Waals surface area contributed by atoms with Crippen molar-refractivity contribution in [3.05, 3.63) is 93.3 Å². The second-order valence-corrected chi connectivity index (χ2v) is 19.6. The summed E-state index contributed by atoms with van der Waals surface area (Å²) in [6.07, 6.45) is 2.33. The molecule has 1 fully saturated rings. The van der Waals surface area contributed by atoms with Crippen molar-refractivity contribution in [3.8, 4) is 0 Å². The Balaban J connectivity index is 1.13. The van der Waals surface area contributed by atoms with Gasteiger partial charge in [0.25, 0.3) is 0 Å². The molecule has 2 aliphatic rings. The molecular formula is C51H70ClN5O14S2. The number of ether oxygens (including phenoxy) is 7. The van der Waals surface area contributed by atoms with Crippen LogP contribution in [0.3, 0.4) is 0 Å². The van der Waals surface area contributed by atoms with E-state index in [1.807, 2.05) is 30.3 Å². The summed E-state index contributed by atoms with van der Waals surface area (Å²) in [5.41, 5.74) is 2.76. The van der Waals surface area contributed by atoms with Gasteiger partial charge in [-0.15, -0.1) is 0 Å². The van der Waals surface area contributed by atoms with Crippen LogP contribution >= 0.6 is 33.2 Å². The number of allylic oxidation sites excluding steroid dienone is 1. The number of alkyl carbamates (subject to hydrolysis) is 2. The first-order valence-corrected chi connectivity index (χ1v) is 27.5. The van der Waals surface area contributed by atoms with E-state index in [0.717, 1.165) is 5.56 Å². The highest BCUT2D eigenvalue weighted by Crippen LogP contribution is 2.42. The summed E-state index contributed by atoms with van der Waals surface area (Å²) in [7, 11) is 4.16. The van der Waals surface area contributed by atoms with Crippen LogP contribution < -0.4 is 21.3 Å². The molecule has 2 aromatic carbocycles. The Morgan fingerprint density at radius 3 is 2.07 bits per heavy atom. The minimum Gasteiger partial charge on any atom is -0.466 e. The van der Waals surface area contributed by atoms with Gasteiger partial charge in [0, 0.05) is 41.9 Å². The van der Waals surface area contributed by atoms with E-state index in [9.17, 15) is 33.6 Å². The summed E-state index contributed by atoms with van der Waals surface area (Å²) in [6, 6.07) is 14.4. The Hall–Kier alpha value is -5.48. The predicted molar refractivity (Wildman–Crippen MR) is 277 cm³/mol. The van der Waals surface area contributed by atoms with Crippen molar-refractivity contribution in [2.75, 3.05) is 84.5 Å². The number of hydrogen-bond acceptors (Lipinski definition) is 18. The predicted octanol–water partition coefficient (Wildman–Crippen LogP) is 6.39. The number of likely N-dealkylation sites (tertiary alicyclic amines) is 1. The maximum atomic E-state index is 14.1. The number of dihydropyridines is 1. The second kappa shape index (κ2) is 33.4. The molecule has 402 valence electrons. The number of rotatable bonds is 31. The van der Waals surface area contributed by atoms with Gasteiger partial charge < -0.3 is 54.0 Å². The van der Waals surface area contributed by atoms with E-state index in [1.54, 1.807) is 56.9 Å². The summed E-state index contributed by atoms with van der Waals surface area (Å²) in [6.45, 7) is 8.40. The molecule has 73 heavy (non-hydrogen) atoms. The molecule has 2 aliphatic heterocycles. The number of amides is 3. The number of halogens is 1. The third-order valence-corrected chi connectivity index (χ3v) is 14.2. The van der Waals surface area contributed by atoms with E-state index in [-0.39, 0.29) is 69.8 Å². The highest BCUT2D eigenvalue weighted by Gasteiger charge is 2.41. The quantitative estimate of drug-likeness (QED) is 0.0277. The van der Waals surface area contributed by atoms with Gasteiger partial charge in [-0.1, -0.05) is 81.7 Å². The highest BCUT2D eigenvalue weighted by molar-refractivity contribution is 8.76. The van der Waals surface area contributed by atoms with Gasteiger partial charge in [-0.05, 0) is 89.8 Å². The molecule has 22 heteroatoms. The van der Waals surface area contributed by atoms with E-state index < -0.39 is 60.1 Å². The van der Waals surface area contributed by atoms with Gasteiger partial charge in [-0.2, -0.15) is 0 Å². The first-order valence-electron chi connectivity index (χ1n) is 24.6. The molecule has 1 saturated heterocycles. The van der Waals surface area contributed by atoms with Crippen LogP contribution in [0, 0.1) is 0 Å². The lowest BCUT2D eigenvalue weighted by atomic mass is 9.80. The fraction of sp³-hybridized carbons (Fsp3) is 0.549. The van der Waals surface area contributed by atoms with Gasteiger partial charge in [0.05, 0.1) is 68.9 Å². The zero-order valence-electron chi connectivity index (χ0n) is 42.3. The number of nitrogens with one attached hydrogen (secondary N) is 4. The molecule has 0 spiro atoms. The Kier molecular flexibility index (Phi) is 27.5. The number of methoxy groups -OCH3 is 1. The molecule has 0 aliphatic carbocycles. The molecule has 4 N–H and O–H groups in total. The number of unbranched alkanes of at least 4 members (excludes halogenated alkanes) is 1. The largest absolute Gasteiger partial charge is 0.466 e. The van der Waals surface area contributed by atoms with Crippen LogP contribution in [-0.2, 0) is 63.6 Å². The van der Waals surface area contributed by atoms with E-state index in [4.69, 9.17) is 44.8 Å². The number of esters is 4. The Morgan fingerprint density at radius 2 is 1.41 bits per heavy atom. The number of aryl methyl sites for hydroxylation is 1. The molecule has 0 bridgehead atoms. The van der Waals surface area contributed by atoms with Crippen molar-refractivity contribution in [3.63, 3.8) is 0 Å². The summed E-state index contributed by atoms with van der Waals surface area (Å²) in [5.74, 6) is -2.37. The van der Waals surface area contributed by atoms with Gasteiger partial charge in [0.1, 0.15) is 25.3 Å². The van der Waals surface area contributed by atoms with Crippen molar-refractivity contribution < 1.29 is 66.7 Å². The van der Waals surface area contributed by atoms with E-state index in [0.29, 0.717) is 91.5 Å². The van der Waals surface area contributed by atoms with Gasteiger partial charge >= 0.3 is 36.1 Å². The van der Waals surface area contributed by atoms with Gasteiger partial charge in [-0.3, -0.25) is 14.9 Å². The molecule has 19 nitrogen and oxygen atoms in total. The molecule has 3 amide bonds. The molecule has 0 saturated carbocycles. The van der Waals surface area contributed by atoms with Crippen molar-refractivity contribution in [2.45, 2.75) is 96.7 Å². The zero-order chi connectivity index (χ0) is 53.0. The number of hydrogen-bond donors (Lipinski definition) is 4. The van der Waals surface area contributed by atoms with Crippen molar-refractivity contribution in [2.24, 2.45) is 0 Å². The third-order valence-electron chi connectivity index (χ3n) is 11.5. The van der Waals surface area contributed by atoms with E-state index in [2.05, 4.69) is 21.3 Å². The standard InChI is InChI=1S/C51H70ClN5O14S2/c1-6-67-46(59)39(24-23-35-17-10-9-11-18-35)56-38(45(58)57-27-16-22-41(57)47(60)68-7-2)21-14-15-25-53-50(63)70-29-31-72-73-32-30-71-51(64)54-26-28-66-33-40-44(49(62)69-8-3)43(36-19-12-13-20-37(36)52)42(34(4)55-40)48(61)65-5/h9-13,17-20,38-39,41,43,55-56H,6-8,14-16,21-33H2,1-5H3,(H,53,63)(H,54,64)/t38-,39?,41-,43?/m0/s1. The van der Waals surface area contributed by atoms with Crippen LogP contribution in [0.5, 0.6) is 0 Å². The van der Waals surface area contributed by atoms with Crippen LogP contribution in [-0.4, -0.2) is 149 Å². The van der Waals surface area contributed by atoms with Gasteiger partial charge in [-0.25, -0.2) is 24.0 Å². The average Bonchev–Trinajstić information content (AvgIpc) is 3.88. The molecule has 4 atom stereocenters. The van der Waals surface area contributed by atoms with Crippen molar-refractivity contribution in [1.82, 2.24) is 26.2 Å². The van der Waals surface area contributed by atoms with Crippen LogP contribution in [0.4, 0.5) is 9.59 Å². The maximum absolute atomic E-state index is 14.1. The molecule has 2 heterocycles. The first kappa shape index (κ1) is 60.1.